The monoisotopic (exact) mass is 277 g/mol. The van der Waals surface area contributed by atoms with E-state index in [4.69, 9.17) is 27.4 Å². The number of hydrogen-bond acceptors (Lipinski definition) is 3. The Hall–Kier alpha value is -2.14. The maximum absolute atomic E-state index is 13.7. The van der Waals surface area contributed by atoms with Gasteiger partial charge >= 0.3 is 0 Å². The fourth-order valence-corrected chi connectivity index (χ4v) is 1.80. The summed E-state index contributed by atoms with van der Waals surface area (Å²) in [4.78, 5) is -0.0402. The second kappa shape index (κ2) is 5.67. The van der Waals surface area contributed by atoms with E-state index < -0.39 is 5.82 Å². The Labute approximate surface area is 115 Å². The quantitative estimate of drug-likeness (QED) is 0.871. The van der Waals surface area contributed by atoms with Crippen molar-refractivity contribution < 1.29 is 13.9 Å². The third kappa shape index (κ3) is 3.00. The van der Waals surface area contributed by atoms with Crippen molar-refractivity contribution in [3.05, 3.63) is 53.8 Å². The van der Waals surface area contributed by atoms with E-state index in [0.29, 0.717) is 11.5 Å². The minimum absolute atomic E-state index is 0.0402. The second-order valence-corrected chi connectivity index (χ2v) is 4.19. The van der Waals surface area contributed by atoms with Gasteiger partial charge in [-0.25, -0.2) is 4.39 Å². The standard InChI is InChI=1S/C14H12FNO2S/c1-17-9-5-7-10(8-6-9)18-12-4-2-3-11(15)13(12)14(16)19/h2-8H,1H3,(H2,16,19). The van der Waals surface area contributed by atoms with E-state index in [1.807, 2.05) is 0 Å². The van der Waals surface area contributed by atoms with Crippen LogP contribution in [0, 0.1) is 5.82 Å². The predicted molar refractivity (Wildman–Crippen MR) is 75.4 cm³/mol. The Morgan fingerprint density at radius 1 is 1.11 bits per heavy atom. The number of nitrogens with two attached hydrogens (primary N) is 1. The molecule has 0 atom stereocenters. The normalized spacial score (nSPS) is 10.0. The Morgan fingerprint density at radius 2 is 1.74 bits per heavy atom. The molecule has 2 rings (SSSR count). The highest BCUT2D eigenvalue weighted by Gasteiger charge is 2.12. The number of benzene rings is 2. The molecule has 0 aromatic heterocycles. The van der Waals surface area contributed by atoms with Gasteiger partial charge in [0.2, 0.25) is 0 Å². The van der Waals surface area contributed by atoms with E-state index in [1.54, 1.807) is 37.4 Å². The van der Waals surface area contributed by atoms with Crippen LogP contribution in [-0.4, -0.2) is 12.1 Å². The highest BCUT2D eigenvalue weighted by Crippen LogP contribution is 2.28. The molecule has 2 N–H and O–H groups in total. The summed E-state index contributed by atoms with van der Waals surface area (Å²) < 4.78 is 24.3. The lowest BCUT2D eigenvalue weighted by molar-refractivity contribution is 0.412. The molecule has 0 saturated carbocycles. The lowest BCUT2D eigenvalue weighted by Gasteiger charge is -2.11. The predicted octanol–water partition coefficient (Wildman–Crippen LogP) is 3.26. The molecule has 0 fully saturated rings. The third-order valence-corrected chi connectivity index (χ3v) is 2.71. The number of ether oxygens (including phenoxy) is 2. The second-order valence-electron chi connectivity index (χ2n) is 3.75. The van der Waals surface area contributed by atoms with Crippen molar-refractivity contribution >= 4 is 17.2 Å². The minimum Gasteiger partial charge on any atom is -0.497 e. The molecule has 2 aromatic carbocycles. The van der Waals surface area contributed by atoms with Crippen LogP contribution in [0.1, 0.15) is 5.56 Å². The van der Waals surface area contributed by atoms with Crippen LogP contribution in [0.3, 0.4) is 0 Å². The molecule has 0 aliphatic rings. The first kappa shape index (κ1) is 13.3. The summed E-state index contributed by atoms with van der Waals surface area (Å²) in [5.41, 5.74) is 5.61. The molecule has 3 nitrogen and oxygen atoms in total. The summed E-state index contributed by atoms with van der Waals surface area (Å²) in [6, 6.07) is 11.4. The van der Waals surface area contributed by atoms with Crippen molar-refractivity contribution in [1.29, 1.82) is 0 Å². The number of rotatable bonds is 4. The number of halogens is 1. The van der Waals surface area contributed by atoms with Gasteiger partial charge < -0.3 is 15.2 Å². The van der Waals surface area contributed by atoms with Crippen molar-refractivity contribution in [3.63, 3.8) is 0 Å². The maximum Gasteiger partial charge on any atom is 0.140 e. The topological polar surface area (TPSA) is 44.5 Å². The number of thiocarbonyl (C=S) groups is 1. The lowest BCUT2D eigenvalue weighted by Crippen LogP contribution is -2.13. The van der Waals surface area contributed by atoms with Gasteiger partial charge in [0, 0.05) is 0 Å². The first-order chi connectivity index (χ1) is 9.11. The van der Waals surface area contributed by atoms with E-state index in [-0.39, 0.29) is 16.3 Å². The molecule has 0 amide bonds. The molecule has 5 heteroatoms. The first-order valence-electron chi connectivity index (χ1n) is 5.52. The summed E-state index contributed by atoms with van der Waals surface area (Å²) >= 11 is 4.83. The van der Waals surface area contributed by atoms with Gasteiger partial charge in [-0.3, -0.25) is 0 Å². The zero-order valence-electron chi connectivity index (χ0n) is 10.2. The van der Waals surface area contributed by atoms with Crippen LogP contribution >= 0.6 is 12.2 Å². The van der Waals surface area contributed by atoms with E-state index >= 15 is 0 Å². The molecule has 0 aliphatic carbocycles. The Balaban J connectivity index is 2.32. The van der Waals surface area contributed by atoms with Gasteiger partial charge in [-0.05, 0) is 36.4 Å². The van der Waals surface area contributed by atoms with Gasteiger partial charge in [0.25, 0.3) is 0 Å². The average molecular weight is 277 g/mol. The van der Waals surface area contributed by atoms with Crippen molar-refractivity contribution in [2.75, 3.05) is 7.11 Å². The molecule has 0 radical (unpaired) electrons. The van der Waals surface area contributed by atoms with Gasteiger partial charge in [-0.2, -0.15) is 0 Å². The van der Waals surface area contributed by atoms with Gasteiger partial charge in [0.05, 0.1) is 12.7 Å². The summed E-state index contributed by atoms with van der Waals surface area (Å²) in [5, 5.41) is 0. The summed E-state index contributed by atoms with van der Waals surface area (Å²) in [6.45, 7) is 0. The average Bonchev–Trinajstić information content (AvgIpc) is 2.39. The third-order valence-electron chi connectivity index (χ3n) is 2.51. The van der Waals surface area contributed by atoms with Crippen LogP contribution in [0.25, 0.3) is 0 Å². The smallest absolute Gasteiger partial charge is 0.140 e. The Bertz CT molecular complexity index is 599. The zero-order chi connectivity index (χ0) is 13.8. The fourth-order valence-electron chi connectivity index (χ4n) is 1.60. The van der Waals surface area contributed by atoms with E-state index in [9.17, 15) is 4.39 Å². The van der Waals surface area contributed by atoms with Crippen LogP contribution in [0.5, 0.6) is 17.2 Å². The summed E-state index contributed by atoms with van der Waals surface area (Å²) in [5.74, 6) is 1.04. The SMILES string of the molecule is COc1ccc(Oc2cccc(F)c2C(N)=S)cc1. The van der Waals surface area contributed by atoms with E-state index in [1.165, 1.54) is 12.1 Å². The molecule has 0 unspecified atom stereocenters. The van der Waals surface area contributed by atoms with Crippen LogP contribution < -0.4 is 15.2 Å². The van der Waals surface area contributed by atoms with Crippen molar-refractivity contribution in [2.24, 2.45) is 5.73 Å². The largest absolute Gasteiger partial charge is 0.497 e. The zero-order valence-corrected chi connectivity index (χ0v) is 11.0. The van der Waals surface area contributed by atoms with Crippen LogP contribution in [0.2, 0.25) is 0 Å². The van der Waals surface area contributed by atoms with Crippen LogP contribution in [0.15, 0.2) is 42.5 Å². The molecule has 0 aliphatic heterocycles. The van der Waals surface area contributed by atoms with Crippen LogP contribution in [0.4, 0.5) is 4.39 Å². The lowest BCUT2D eigenvalue weighted by atomic mass is 10.2. The first-order valence-corrected chi connectivity index (χ1v) is 5.93. The molecule has 0 bridgehead atoms. The molecule has 98 valence electrons. The molecule has 0 spiro atoms. The summed E-state index contributed by atoms with van der Waals surface area (Å²) in [7, 11) is 1.58. The minimum atomic E-state index is -0.501. The number of methoxy groups -OCH3 is 1. The molecule has 0 heterocycles. The van der Waals surface area contributed by atoms with Crippen molar-refractivity contribution in [1.82, 2.24) is 0 Å². The summed E-state index contributed by atoms with van der Waals surface area (Å²) in [6.07, 6.45) is 0. The van der Waals surface area contributed by atoms with E-state index in [0.717, 1.165) is 0 Å². The van der Waals surface area contributed by atoms with Gasteiger partial charge in [-0.1, -0.05) is 18.3 Å². The molecule has 0 saturated heterocycles. The molecular formula is C14H12FNO2S. The molecule has 2 aromatic rings. The number of hydrogen-bond donors (Lipinski definition) is 1. The molecule has 19 heavy (non-hydrogen) atoms. The highest BCUT2D eigenvalue weighted by atomic mass is 32.1. The van der Waals surface area contributed by atoms with Gasteiger partial charge in [0.1, 0.15) is 28.1 Å². The van der Waals surface area contributed by atoms with Crippen molar-refractivity contribution in [2.45, 2.75) is 0 Å². The van der Waals surface area contributed by atoms with Gasteiger partial charge in [-0.15, -0.1) is 0 Å². The van der Waals surface area contributed by atoms with Crippen LogP contribution in [-0.2, 0) is 0 Å². The van der Waals surface area contributed by atoms with Crippen molar-refractivity contribution in [3.8, 4) is 17.2 Å². The molecular weight excluding hydrogens is 265 g/mol. The fraction of sp³-hybridized carbons (Fsp3) is 0.0714. The Morgan fingerprint density at radius 3 is 2.32 bits per heavy atom. The van der Waals surface area contributed by atoms with Gasteiger partial charge in [0.15, 0.2) is 0 Å². The highest BCUT2D eigenvalue weighted by molar-refractivity contribution is 7.80. The Kier molecular flexibility index (Phi) is 3.97. The maximum atomic E-state index is 13.7. The van der Waals surface area contributed by atoms with E-state index in [2.05, 4.69) is 0 Å².